The van der Waals surface area contributed by atoms with Gasteiger partial charge in [-0.25, -0.2) is 9.97 Å². The Morgan fingerprint density at radius 1 is 0.857 bits per heavy atom. The Labute approximate surface area is 166 Å². The lowest BCUT2D eigenvalue weighted by molar-refractivity contribution is 0.102. The zero-order valence-corrected chi connectivity index (χ0v) is 17.0. The molecule has 1 heterocycles. The molecule has 5 nitrogen and oxygen atoms in total. The van der Waals surface area contributed by atoms with Gasteiger partial charge in [0.25, 0.3) is 5.91 Å². The Morgan fingerprint density at radius 2 is 1.39 bits per heavy atom. The number of carbonyl (C=O) groups is 1. The van der Waals surface area contributed by atoms with E-state index >= 15 is 0 Å². The molecule has 1 aromatic heterocycles. The van der Waals surface area contributed by atoms with E-state index in [1.807, 2.05) is 32.0 Å². The number of aryl methyl sites for hydroxylation is 3. The molecule has 0 saturated heterocycles. The number of hydrogen-bond donors (Lipinski definition) is 2. The maximum atomic E-state index is 12.6. The first-order valence-electron chi connectivity index (χ1n) is 9.43. The van der Waals surface area contributed by atoms with E-state index in [-0.39, 0.29) is 5.91 Å². The van der Waals surface area contributed by atoms with Gasteiger partial charge in [-0.2, -0.15) is 0 Å². The number of amides is 1. The molecule has 0 aliphatic rings. The molecule has 1 amide bonds. The van der Waals surface area contributed by atoms with Crippen LogP contribution in [0.15, 0.2) is 48.8 Å². The van der Waals surface area contributed by atoms with Gasteiger partial charge in [-0.1, -0.05) is 50.2 Å². The number of nitrogens with one attached hydrogen (secondary N) is 2. The predicted octanol–water partition coefficient (Wildman–Crippen LogP) is 5.52. The molecule has 0 unspecified atom stereocenters. The molecular weight excluding hydrogens is 348 g/mol. The third-order valence-corrected chi connectivity index (χ3v) is 4.80. The van der Waals surface area contributed by atoms with Crippen molar-refractivity contribution in [2.24, 2.45) is 0 Å². The van der Waals surface area contributed by atoms with E-state index in [9.17, 15) is 4.79 Å². The minimum absolute atomic E-state index is 0.220. The summed E-state index contributed by atoms with van der Waals surface area (Å²) in [5.74, 6) is 0.632. The Bertz CT molecular complexity index is 974. The highest BCUT2D eigenvalue weighted by Gasteiger charge is 2.13. The molecule has 0 radical (unpaired) electrons. The highest BCUT2D eigenvalue weighted by molar-refractivity contribution is 6.04. The fraction of sp³-hybridized carbons (Fsp3) is 0.261. The number of anilines is 3. The van der Waals surface area contributed by atoms with E-state index in [0.717, 1.165) is 28.1 Å². The highest BCUT2D eigenvalue weighted by Crippen LogP contribution is 2.29. The van der Waals surface area contributed by atoms with Gasteiger partial charge in [0.15, 0.2) is 0 Å². The molecule has 0 bridgehead atoms. The standard InChI is InChI=1S/C23H26N4O/c1-14(2)19-11-7-10-17(5)21(19)27-23-24-12-18(13-25-23)22(28)26-20-15(3)8-6-9-16(20)4/h6-14H,1-5H3,(H,26,28)(H,24,25,27). The van der Waals surface area contributed by atoms with Gasteiger partial charge < -0.3 is 10.6 Å². The van der Waals surface area contributed by atoms with Gasteiger partial charge in [0.05, 0.1) is 5.56 Å². The Morgan fingerprint density at radius 3 is 1.96 bits per heavy atom. The first kappa shape index (κ1) is 19.5. The molecular formula is C23H26N4O. The summed E-state index contributed by atoms with van der Waals surface area (Å²) in [7, 11) is 0. The molecule has 2 N–H and O–H groups in total. The van der Waals surface area contributed by atoms with Gasteiger partial charge in [0, 0.05) is 23.8 Å². The van der Waals surface area contributed by atoms with Gasteiger partial charge in [-0.15, -0.1) is 0 Å². The van der Waals surface area contributed by atoms with Crippen LogP contribution in [0.2, 0.25) is 0 Å². The lowest BCUT2D eigenvalue weighted by Gasteiger charge is -2.16. The molecule has 5 heteroatoms. The van der Waals surface area contributed by atoms with Crippen LogP contribution in [0.1, 0.15) is 52.4 Å². The molecule has 0 atom stereocenters. The van der Waals surface area contributed by atoms with Crippen molar-refractivity contribution in [3.63, 3.8) is 0 Å². The van der Waals surface area contributed by atoms with Gasteiger partial charge in [-0.3, -0.25) is 4.79 Å². The van der Waals surface area contributed by atoms with Crippen LogP contribution < -0.4 is 10.6 Å². The highest BCUT2D eigenvalue weighted by atomic mass is 16.1. The van der Waals surface area contributed by atoms with E-state index in [1.54, 1.807) is 12.4 Å². The number of nitrogens with zero attached hydrogens (tertiary/aromatic N) is 2. The SMILES string of the molecule is Cc1cccc(C)c1NC(=O)c1cnc(Nc2c(C)cccc2C(C)C)nc1. The summed E-state index contributed by atoms with van der Waals surface area (Å²) >= 11 is 0. The summed E-state index contributed by atoms with van der Waals surface area (Å²) in [5, 5.41) is 6.26. The zero-order valence-electron chi connectivity index (χ0n) is 17.0. The minimum Gasteiger partial charge on any atom is -0.324 e. The summed E-state index contributed by atoms with van der Waals surface area (Å²) in [6.07, 6.45) is 3.09. The van der Waals surface area contributed by atoms with Gasteiger partial charge in [0.2, 0.25) is 5.95 Å². The normalized spacial score (nSPS) is 10.8. The maximum Gasteiger partial charge on any atom is 0.258 e. The Balaban J connectivity index is 1.78. The van der Waals surface area contributed by atoms with Crippen molar-refractivity contribution in [2.75, 3.05) is 10.6 Å². The van der Waals surface area contributed by atoms with Crippen molar-refractivity contribution in [1.82, 2.24) is 9.97 Å². The fourth-order valence-corrected chi connectivity index (χ4v) is 3.16. The molecule has 144 valence electrons. The molecule has 0 saturated carbocycles. The number of rotatable bonds is 5. The van der Waals surface area contributed by atoms with Crippen LogP contribution in [-0.4, -0.2) is 15.9 Å². The van der Waals surface area contributed by atoms with E-state index in [1.165, 1.54) is 5.56 Å². The fourth-order valence-electron chi connectivity index (χ4n) is 3.16. The number of aromatic nitrogens is 2. The van der Waals surface area contributed by atoms with E-state index in [0.29, 0.717) is 17.4 Å². The summed E-state index contributed by atoms with van der Waals surface area (Å²) < 4.78 is 0. The van der Waals surface area contributed by atoms with Crippen LogP contribution in [0.5, 0.6) is 0 Å². The van der Waals surface area contributed by atoms with E-state index in [4.69, 9.17) is 0 Å². The summed E-state index contributed by atoms with van der Waals surface area (Å²) in [5.41, 5.74) is 6.65. The maximum absolute atomic E-state index is 12.6. The monoisotopic (exact) mass is 374 g/mol. The van der Waals surface area contributed by atoms with Crippen molar-refractivity contribution in [3.05, 3.63) is 76.6 Å². The van der Waals surface area contributed by atoms with E-state index < -0.39 is 0 Å². The van der Waals surface area contributed by atoms with Gasteiger partial charge in [0.1, 0.15) is 0 Å². The molecule has 0 aliphatic carbocycles. The van der Waals surface area contributed by atoms with Crippen LogP contribution in [0.3, 0.4) is 0 Å². The molecule has 3 rings (SSSR count). The number of para-hydroxylation sites is 2. The first-order valence-corrected chi connectivity index (χ1v) is 9.43. The second-order valence-electron chi connectivity index (χ2n) is 7.34. The number of hydrogen-bond acceptors (Lipinski definition) is 4. The van der Waals surface area contributed by atoms with Crippen LogP contribution >= 0.6 is 0 Å². The van der Waals surface area contributed by atoms with Gasteiger partial charge in [-0.05, 0) is 48.9 Å². The average molecular weight is 374 g/mol. The quantitative estimate of drug-likeness (QED) is 0.617. The Hall–Kier alpha value is -3.21. The van der Waals surface area contributed by atoms with Crippen LogP contribution in [0.4, 0.5) is 17.3 Å². The smallest absolute Gasteiger partial charge is 0.258 e. The molecule has 2 aromatic carbocycles. The molecule has 0 aliphatic heterocycles. The third kappa shape index (κ3) is 4.19. The van der Waals surface area contributed by atoms with Crippen molar-refractivity contribution in [3.8, 4) is 0 Å². The second kappa shape index (κ2) is 8.21. The topological polar surface area (TPSA) is 66.9 Å². The van der Waals surface area contributed by atoms with Crippen LogP contribution in [0, 0.1) is 20.8 Å². The minimum atomic E-state index is -0.220. The van der Waals surface area contributed by atoms with Crippen molar-refractivity contribution < 1.29 is 4.79 Å². The molecule has 28 heavy (non-hydrogen) atoms. The van der Waals surface area contributed by atoms with Crippen LogP contribution in [-0.2, 0) is 0 Å². The zero-order chi connectivity index (χ0) is 20.3. The van der Waals surface area contributed by atoms with Crippen LogP contribution in [0.25, 0.3) is 0 Å². The molecule has 3 aromatic rings. The summed E-state index contributed by atoms with van der Waals surface area (Å²) in [6, 6.07) is 12.1. The van der Waals surface area contributed by atoms with Crippen molar-refractivity contribution >= 4 is 23.2 Å². The third-order valence-electron chi connectivity index (χ3n) is 4.80. The predicted molar refractivity (Wildman–Crippen MR) is 114 cm³/mol. The second-order valence-corrected chi connectivity index (χ2v) is 7.34. The lowest BCUT2D eigenvalue weighted by atomic mass is 9.98. The van der Waals surface area contributed by atoms with Gasteiger partial charge >= 0.3 is 0 Å². The Kier molecular flexibility index (Phi) is 5.73. The molecule has 0 spiro atoms. The summed E-state index contributed by atoms with van der Waals surface area (Å²) in [6.45, 7) is 10.3. The van der Waals surface area contributed by atoms with E-state index in [2.05, 4.69) is 59.6 Å². The average Bonchev–Trinajstić information content (AvgIpc) is 2.66. The summed E-state index contributed by atoms with van der Waals surface area (Å²) in [4.78, 5) is 21.3. The first-order chi connectivity index (χ1) is 13.4. The van der Waals surface area contributed by atoms with Crippen molar-refractivity contribution in [2.45, 2.75) is 40.5 Å². The largest absolute Gasteiger partial charge is 0.324 e. The van der Waals surface area contributed by atoms with Crippen molar-refractivity contribution in [1.29, 1.82) is 0 Å². The molecule has 0 fully saturated rings. The number of carbonyl (C=O) groups excluding carboxylic acids is 1. The number of benzene rings is 2. The lowest BCUT2D eigenvalue weighted by Crippen LogP contribution is -2.15.